The van der Waals surface area contributed by atoms with E-state index in [0.29, 0.717) is 5.92 Å². The van der Waals surface area contributed by atoms with Gasteiger partial charge in [0.15, 0.2) is 0 Å². The summed E-state index contributed by atoms with van der Waals surface area (Å²) in [6, 6.07) is 0. The molecule has 18 heavy (non-hydrogen) atoms. The van der Waals surface area contributed by atoms with Crippen molar-refractivity contribution in [2.24, 2.45) is 24.6 Å². The van der Waals surface area contributed by atoms with Crippen molar-refractivity contribution in [1.29, 1.82) is 0 Å². The zero-order chi connectivity index (χ0) is 13.9. The van der Waals surface area contributed by atoms with Crippen molar-refractivity contribution in [3.8, 4) is 0 Å². The highest BCUT2D eigenvalue weighted by atomic mass is 32.1. The van der Waals surface area contributed by atoms with Gasteiger partial charge in [-0.05, 0) is 19.3 Å². The first-order valence-corrected chi connectivity index (χ1v) is 6.34. The van der Waals surface area contributed by atoms with Crippen LogP contribution in [0, 0.1) is 11.8 Å². The number of nitrogens with one attached hydrogen (secondary N) is 1. The molecule has 3 N–H and O–H groups in total. The van der Waals surface area contributed by atoms with Gasteiger partial charge in [-0.1, -0.05) is 26.1 Å². The van der Waals surface area contributed by atoms with Crippen LogP contribution in [0.15, 0.2) is 6.20 Å². The fraction of sp³-hybridized carbons (Fsp3) is 0.583. The van der Waals surface area contributed by atoms with Gasteiger partial charge < -0.3 is 11.1 Å². The third kappa shape index (κ3) is 3.53. The van der Waals surface area contributed by atoms with E-state index in [1.807, 2.05) is 7.05 Å². The molecule has 0 aliphatic rings. The summed E-state index contributed by atoms with van der Waals surface area (Å²) in [7, 11) is 1.87. The Morgan fingerprint density at radius 1 is 1.56 bits per heavy atom. The molecule has 0 radical (unpaired) electrons. The van der Waals surface area contributed by atoms with Crippen molar-refractivity contribution in [1.82, 2.24) is 9.78 Å². The van der Waals surface area contributed by atoms with E-state index in [1.54, 1.807) is 17.8 Å². The smallest absolute Gasteiger partial charge is 0.234 e. The Morgan fingerprint density at radius 2 is 2.17 bits per heavy atom. The van der Waals surface area contributed by atoms with E-state index >= 15 is 0 Å². The van der Waals surface area contributed by atoms with Crippen LogP contribution in [-0.4, -0.2) is 20.7 Å². The summed E-state index contributed by atoms with van der Waals surface area (Å²) in [6.07, 6.45) is 2.51. The van der Waals surface area contributed by atoms with E-state index in [4.69, 9.17) is 18.0 Å². The number of carbonyl (C=O) groups is 1. The Labute approximate surface area is 113 Å². The molecule has 1 amide bonds. The predicted molar refractivity (Wildman–Crippen MR) is 76.3 cm³/mol. The second-order valence-electron chi connectivity index (χ2n) is 4.84. The quantitative estimate of drug-likeness (QED) is 0.793. The van der Waals surface area contributed by atoms with Gasteiger partial charge in [-0.25, -0.2) is 0 Å². The van der Waals surface area contributed by atoms with Crippen LogP contribution in [0.2, 0.25) is 0 Å². The summed E-state index contributed by atoms with van der Waals surface area (Å²) in [4.78, 5) is 12.1. The molecule has 0 aliphatic carbocycles. The van der Waals surface area contributed by atoms with Gasteiger partial charge in [0.2, 0.25) is 5.91 Å². The highest BCUT2D eigenvalue weighted by Crippen LogP contribution is 2.18. The third-order valence-corrected chi connectivity index (χ3v) is 3.09. The number of carbonyl (C=O) groups excluding carboxylic acids is 1. The van der Waals surface area contributed by atoms with Crippen molar-refractivity contribution in [3.05, 3.63) is 11.9 Å². The maximum Gasteiger partial charge on any atom is 0.234 e. The van der Waals surface area contributed by atoms with Gasteiger partial charge in [-0.3, -0.25) is 9.48 Å². The number of hydrogen-bond donors (Lipinski definition) is 2. The average molecular weight is 268 g/mol. The molecule has 0 aliphatic heterocycles. The van der Waals surface area contributed by atoms with Crippen LogP contribution in [0.25, 0.3) is 0 Å². The zero-order valence-electron chi connectivity index (χ0n) is 11.2. The van der Waals surface area contributed by atoms with Crippen molar-refractivity contribution in [2.75, 3.05) is 5.32 Å². The van der Waals surface area contributed by atoms with Crippen LogP contribution < -0.4 is 11.1 Å². The Kier molecular flexibility index (Phi) is 4.84. The first-order valence-electron chi connectivity index (χ1n) is 5.94. The lowest BCUT2D eigenvalue weighted by molar-refractivity contribution is -0.117. The van der Waals surface area contributed by atoms with Crippen molar-refractivity contribution in [2.45, 2.75) is 27.2 Å². The van der Waals surface area contributed by atoms with Crippen LogP contribution in [-0.2, 0) is 18.3 Å². The van der Waals surface area contributed by atoms with Crippen LogP contribution in [0.1, 0.15) is 26.5 Å². The Balaban J connectivity index is 2.85. The standard InChI is InChI=1S/C12H20N4OS/c1-7(2)5-10-9(6-14-16(10)4)15-12(17)8(3)11(13)18/h6-8H,5H2,1-4H3,(H2,13,18)(H,15,17). The van der Waals surface area contributed by atoms with Gasteiger partial charge in [0.25, 0.3) is 0 Å². The summed E-state index contributed by atoms with van der Waals surface area (Å²) in [5.74, 6) is -0.184. The molecule has 1 heterocycles. The predicted octanol–water partition coefficient (Wildman–Crippen LogP) is 1.48. The van der Waals surface area contributed by atoms with Gasteiger partial charge in [-0.2, -0.15) is 5.10 Å². The van der Waals surface area contributed by atoms with Gasteiger partial charge in [0, 0.05) is 7.05 Å². The Bertz CT molecular complexity index is 453. The molecule has 100 valence electrons. The first-order chi connectivity index (χ1) is 8.32. The summed E-state index contributed by atoms with van der Waals surface area (Å²) in [6.45, 7) is 5.93. The molecule has 0 saturated carbocycles. The van der Waals surface area contributed by atoms with Crippen LogP contribution in [0.5, 0.6) is 0 Å². The van der Waals surface area contributed by atoms with E-state index in [2.05, 4.69) is 24.3 Å². The number of aryl methyl sites for hydroxylation is 1. The lowest BCUT2D eigenvalue weighted by atomic mass is 10.1. The molecule has 1 atom stereocenters. The van der Waals surface area contributed by atoms with Crippen LogP contribution >= 0.6 is 12.2 Å². The van der Waals surface area contributed by atoms with Gasteiger partial charge in [-0.15, -0.1) is 0 Å². The van der Waals surface area contributed by atoms with Crippen LogP contribution in [0.4, 0.5) is 5.69 Å². The van der Waals surface area contributed by atoms with Crippen LogP contribution in [0.3, 0.4) is 0 Å². The third-order valence-electron chi connectivity index (χ3n) is 2.74. The molecule has 0 saturated heterocycles. The maximum atomic E-state index is 11.9. The molecule has 1 aromatic rings. The molecule has 1 rings (SSSR count). The fourth-order valence-corrected chi connectivity index (χ4v) is 1.67. The van der Waals surface area contributed by atoms with E-state index < -0.39 is 5.92 Å². The highest BCUT2D eigenvalue weighted by molar-refractivity contribution is 7.80. The molecular formula is C12H20N4OS. The number of nitrogens with zero attached hydrogens (tertiary/aromatic N) is 2. The average Bonchev–Trinajstić information content (AvgIpc) is 2.59. The highest BCUT2D eigenvalue weighted by Gasteiger charge is 2.18. The summed E-state index contributed by atoms with van der Waals surface area (Å²) in [5.41, 5.74) is 7.21. The number of thiocarbonyl (C=S) groups is 1. The second kappa shape index (κ2) is 5.95. The topological polar surface area (TPSA) is 72.9 Å². The molecule has 1 aromatic heterocycles. The van der Waals surface area contributed by atoms with Crippen molar-refractivity contribution in [3.63, 3.8) is 0 Å². The van der Waals surface area contributed by atoms with E-state index in [-0.39, 0.29) is 10.9 Å². The molecule has 0 spiro atoms. The number of rotatable bonds is 5. The minimum absolute atomic E-state index is 0.194. The zero-order valence-corrected chi connectivity index (χ0v) is 12.0. The monoisotopic (exact) mass is 268 g/mol. The van der Waals surface area contributed by atoms with E-state index in [1.165, 1.54) is 0 Å². The summed E-state index contributed by atoms with van der Waals surface area (Å²) in [5, 5.41) is 6.99. The Hall–Kier alpha value is -1.43. The Morgan fingerprint density at radius 3 is 2.67 bits per heavy atom. The van der Waals surface area contributed by atoms with Crippen molar-refractivity contribution >= 4 is 28.8 Å². The van der Waals surface area contributed by atoms with Gasteiger partial charge >= 0.3 is 0 Å². The second-order valence-corrected chi connectivity index (χ2v) is 5.31. The summed E-state index contributed by atoms with van der Waals surface area (Å²) < 4.78 is 1.78. The largest absolute Gasteiger partial charge is 0.393 e. The van der Waals surface area contributed by atoms with E-state index in [0.717, 1.165) is 17.8 Å². The fourth-order valence-electron chi connectivity index (χ4n) is 1.57. The maximum absolute atomic E-state index is 11.9. The normalized spacial score (nSPS) is 12.5. The lowest BCUT2D eigenvalue weighted by Crippen LogP contribution is -2.31. The molecule has 0 fully saturated rings. The number of hydrogen-bond acceptors (Lipinski definition) is 3. The van der Waals surface area contributed by atoms with Gasteiger partial charge in [0.1, 0.15) is 0 Å². The van der Waals surface area contributed by atoms with Crippen molar-refractivity contribution < 1.29 is 4.79 Å². The molecule has 6 heteroatoms. The van der Waals surface area contributed by atoms with Gasteiger partial charge in [0.05, 0.1) is 28.5 Å². The number of anilines is 1. The molecule has 1 unspecified atom stereocenters. The molecule has 0 aromatic carbocycles. The summed E-state index contributed by atoms with van der Waals surface area (Å²) >= 11 is 4.81. The molecular weight excluding hydrogens is 248 g/mol. The lowest BCUT2D eigenvalue weighted by Gasteiger charge is -2.12. The number of amides is 1. The first kappa shape index (κ1) is 14.6. The van der Waals surface area contributed by atoms with E-state index in [9.17, 15) is 4.79 Å². The number of nitrogens with two attached hydrogens (primary N) is 1. The molecule has 5 nitrogen and oxygen atoms in total. The number of aromatic nitrogens is 2. The minimum Gasteiger partial charge on any atom is -0.393 e. The SMILES string of the molecule is CC(C)Cc1c(NC(=O)C(C)C(N)=S)cnn1C. The molecule has 0 bridgehead atoms. The minimum atomic E-state index is -0.480.